The third kappa shape index (κ3) is 4.78. The molecule has 21 heavy (non-hydrogen) atoms. The average Bonchev–Trinajstić information content (AvgIpc) is 2.44. The Labute approximate surface area is 129 Å². The van der Waals surface area contributed by atoms with Crippen LogP contribution in [0.4, 0.5) is 0 Å². The van der Waals surface area contributed by atoms with Crippen molar-refractivity contribution >= 4 is 23.4 Å². The van der Waals surface area contributed by atoms with Crippen LogP contribution in [-0.2, 0) is 4.79 Å². The fraction of sp³-hybridized carbons (Fsp3) is 0.333. The largest absolute Gasteiger partial charge is 0.384 e. The number of halogens is 1. The van der Waals surface area contributed by atoms with Gasteiger partial charge in [0, 0.05) is 32.3 Å². The van der Waals surface area contributed by atoms with Gasteiger partial charge in [-0.25, -0.2) is 0 Å². The SMILES string of the molecule is CN(C)C(=O)CN(C)C(=O)c1ccc(C#CCO)c(Cl)c1. The molecule has 0 aliphatic heterocycles. The van der Waals surface area contributed by atoms with Gasteiger partial charge in [-0.15, -0.1) is 0 Å². The highest BCUT2D eigenvalue weighted by atomic mass is 35.5. The second-order valence-corrected chi connectivity index (χ2v) is 5.01. The lowest BCUT2D eigenvalue weighted by Crippen LogP contribution is -2.37. The van der Waals surface area contributed by atoms with E-state index >= 15 is 0 Å². The molecule has 1 rings (SSSR count). The number of amides is 2. The van der Waals surface area contributed by atoms with E-state index in [1.54, 1.807) is 33.3 Å². The third-order valence-corrected chi connectivity index (χ3v) is 3.05. The summed E-state index contributed by atoms with van der Waals surface area (Å²) in [6.45, 7) is -0.262. The van der Waals surface area contributed by atoms with Crippen LogP contribution in [0.25, 0.3) is 0 Å². The molecule has 0 heterocycles. The number of hydrogen-bond donors (Lipinski definition) is 1. The predicted octanol–water partition coefficient (Wildman–Crippen LogP) is 0.844. The van der Waals surface area contributed by atoms with Gasteiger partial charge in [-0.05, 0) is 18.2 Å². The van der Waals surface area contributed by atoms with E-state index in [4.69, 9.17) is 16.7 Å². The van der Waals surface area contributed by atoms with Crippen LogP contribution in [0, 0.1) is 11.8 Å². The molecule has 1 aromatic rings. The molecule has 112 valence electrons. The molecule has 2 amide bonds. The van der Waals surface area contributed by atoms with Crippen LogP contribution in [0.15, 0.2) is 18.2 Å². The fourth-order valence-corrected chi connectivity index (χ4v) is 1.75. The number of aliphatic hydroxyl groups is 1. The maximum Gasteiger partial charge on any atom is 0.254 e. The first kappa shape index (κ1) is 17.0. The van der Waals surface area contributed by atoms with E-state index in [1.165, 1.54) is 15.9 Å². The van der Waals surface area contributed by atoms with Gasteiger partial charge in [-0.1, -0.05) is 23.4 Å². The van der Waals surface area contributed by atoms with Gasteiger partial charge < -0.3 is 14.9 Å². The summed E-state index contributed by atoms with van der Waals surface area (Å²) in [5, 5.41) is 8.98. The Morgan fingerprint density at radius 3 is 2.48 bits per heavy atom. The number of hydrogen-bond acceptors (Lipinski definition) is 3. The Morgan fingerprint density at radius 1 is 1.29 bits per heavy atom. The number of rotatable bonds is 3. The highest BCUT2D eigenvalue weighted by molar-refractivity contribution is 6.32. The zero-order valence-electron chi connectivity index (χ0n) is 12.2. The lowest BCUT2D eigenvalue weighted by atomic mass is 10.1. The molecule has 0 aliphatic rings. The Morgan fingerprint density at radius 2 is 1.95 bits per heavy atom. The Bertz CT molecular complexity index is 603. The lowest BCUT2D eigenvalue weighted by Gasteiger charge is -2.19. The number of carbonyl (C=O) groups is 2. The van der Waals surface area contributed by atoms with Crippen LogP contribution < -0.4 is 0 Å². The zero-order valence-corrected chi connectivity index (χ0v) is 12.9. The summed E-state index contributed by atoms with van der Waals surface area (Å²) >= 11 is 6.04. The maximum absolute atomic E-state index is 12.2. The van der Waals surface area contributed by atoms with Gasteiger partial charge in [0.15, 0.2) is 0 Å². The first-order valence-corrected chi connectivity index (χ1v) is 6.59. The van der Waals surface area contributed by atoms with Gasteiger partial charge in [0.25, 0.3) is 5.91 Å². The molecule has 0 bridgehead atoms. The molecular weight excluding hydrogens is 292 g/mol. The van der Waals surface area contributed by atoms with E-state index in [9.17, 15) is 9.59 Å². The number of likely N-dealkylation sites (N-methyl/N-ethyl adjacent to an activating group) is 2. The van der Waals surface area contributed by atoms with Crippen molar-refractivity contribution in [3.05, 3.63) is 34.3 Å². The molecular formula is C15H17ClN2O3. The number of nitrogens with zero attached hydrogens (tertiary/aromatic N) is 2. The molecule has 0 atom stereocenters. The van der Waals surface area contributed by atoms with Crippen LogP contribution in [-0.4, -0.2) is 61.0 Å². The Kier molecular flexibility index (Phi) is 6.22. The van der Waals surface area contributed by atoms with Crippen LogP contribution in [0.2, 0.25) is 5.02 Å². The second kappa shape index (κ2) is 7.67. The van der Waals surface area contributed by atoms with Crippen molar-refractivity contribution in [1.82, 2.24) is 9.80 Å². The minimum atomic E-state index is -0.297. The summed E-state index contributed by atoms with van der Waals surface area (Å²) in [6.07, 6.45) is 0. The molecule has 5 nitrogen and oxygen atoms in total. The number of carbonyl (C=O) groups excluding carboxylic acids is 2. The highest BCUT2D eigenvalue weighted by Crippen LogP contribution is 2.18. The van der Waals surface area contributed by atoms with Gasteiger partial charge >= 0.3 is 0 Å². The Balaban J connectivity index is 2.88. The molecule has 0 aromatic heterocycles. The maximum atomic E-state index is 12.2. The highest BCUT2D eigenvalue weighted by Gasteiger charge is 2.16. The summed E-state index contributed by atoms with van der Waals surface area (Å²) in [5.41, 5.74) is 0.915. The molecule has 0 saturated heterocycles. The molecule has 0 radical (unpaired) electrons. The van der Waals surface area contributed by atoms with Crippen molar-refractivity contribution in [1.29, 1.82) is 0 Å². The third-order valence-electron chi connectivity index (χ3n) is 2.74. The van der Waals surface area contributed by atoms with Gasteiger partial charge in [0.1, 0.15) is 6.61 Å². The van der Waals surface area contributed by atoms with Gasteiger partial charge in [-0.2, -0.15) is 0 Å². The van der Waals surface area contributed by atoms with E-state index in [0.29, 0.717) is 16.1 Å². The predicted molar refractivity (Wildman–Crippen MR) is 81.1 cm³/mol. The lowest BCUT2D eigenvalue weighted by molar-refractivity contribution is -0.129. The second-order valence-electron chi connectivity index (χ2n) is 4.60. The van der Waals surface area contributed by atoms with Gasteiger partial charge in [0.2, 0.25) is 5.91 Å². The first-order chi connectivity index (χ1) is 9.86. The van der Waals surface area contributed by atoms with Crippen LogP contribution in [0.1, 0.15) is 15.9 Å². The molecule has 0 saturated carbocycles. The Hall–Kier alpha value is -2.03. The summed E-state index contributed by atoms with van der Waals surface area (Å²) in [4.78, 5) is 26.5. The smallest absolute Gasteiger partial charge is 0.254 e. The topological polar surface area (TPSA) is 60.9 Å². The van der Waals surface area contributed by atoms with Crippen molar-refractivity contribution in [2.24, 2.45) is 0 Å². The molecule has 0 aliphatic carbocycles. The summed E-state index contributed by atoms with van der Waals surface area (Å²) in [6, 6.07) is 4.70. The first-order valence-electron chi connectivity index (χ1n) is 6.21. The van der Waals surface area contributed by atoms with E-state index in [-0.39, 0.29) is 25.0 Å². The fourth-order valence-electron chi connectivity index (χ4n) is 1.52. The van der Waals surface area contributed by atoms with E-state index in [1.807, 2.05) is 0 Å². The van der Waals surface area contributed by atoms with Crippen molar-refractivity contribution in [3.63, 3.8) is 0 Å². The molecule has 1 N–H and O–H groups in total. The molecule has 1 aromatic carbocycles. The minimum absolute atomic E-state index is 0.00444. The van der Waals surface area contributed by atoms with E-state index < -0.39 is 0 Å². The molecule has 0 unspecified atom stereocenters. The molecule has 6 heteroatoms. The number of benzene rings is 1. The zero-order chi connectivity index (χ0) is 16.0. The van der Waals surface area contributed by atoms with Crippen molar-refractivity contribution in [2.75, 3.05) is 34.3 Å². The van der Waals surface area contributed by atoms with Gasteiger partial charge in [-0.3, -0.25) is 9.59 Å². The normalized spacial score (nSPS) is 9.57. The monoisotopic (exact) mass is 308 g/mol. The van der Waals surface area contributed by atoms with Crippen molar-refractivity contribution < 1.29 is 14.7 Å². The standard InChI is InChI=1S/C15H17ClN2O3/c1-17(2)14(20)10-18(3)15(21)12-7-6-11(5-4-8-19)13(16)9-12/h6-7,9,19H,8,10H2,1-3H3. The summed E-state index contributed by atoms with van der Waals surface area (Å²) in [5.74, 6) is 4.72. The summed E-state index contributed by atoms with van der Waals surface area (Å²) in [7, 11) is 4.81. The minimum Gasteiger partial charge on any atom is -0.384 e. The average molecular weight is 309 g/mol. The van der Waals surface area contributed by atoms with Crippen LogP contribution >= 0.6 is 11.6 Å². The van der Waals surface area contributed by atoms with Crippen molar-refractivity contribution in [2.45, 2.75) is 0 Å². The van der Waals surface area contributed by atoms with Crippen molar-refractivity contribution in [3.8, 4) is 11.8 Å². The van der Waals surface area contributed by atoms with Crippen LogP contribution in [0.3, 0.4) is 0 Å². The van der Waals surface area contributed by atoms with E-state index in [2.05, 4.69) is 11.8 Å². The molecule has 0 spiro atoms. The van der Waals surface area contributed by atoms with Gasteiger partial charge in [0.05, 0.1) is 11.6 Å². The summed E-state index contributed by atoms with van der Waals surface area (Å²) < 4.78 is 0. The molecule has 0 fully saturated rings. The van der Waals surface area contributed by atoms with Crippen LogP contribution in [0.5, 0.6) is 0 Å². The van der Waals surface area contributed by atoms with E-state index in [0.717, 1.165) is 0 Å². The quantitative estimate of drug-likeness (QED) is 0.842. The number of aliphatic hydroxyl groups excluding tert-OH is 1.